The van der Waals surface area contributed by atoms with Gasteiger partial charge in [-0.3, -0.25) is 35.1 Å². The third-order valence-corrected chi connectivity index (χ3v) is 4.03. The first-order valence-electron chi connectivity index (χ1n) is 9.18. The van der Waals surface area contributed by atoms with E-state index >= 15 is 0 Å². The molecule has 0 rings (SSSR count). The maximum Gasteiger partial charge on any atom is 0.246 e. The van der Waals surface area contributed by atoms with Crippen LogP contribution in [0.2, 0.25) is 0 Å². The smallest absolute Gasteiger partial charge is 0.246 e. The largest absolute Gasteiger partial charge is 0.291 e. The van der Waals surface area contributed by atoms with Crippen molar-refractivity contribution in [2.45, 2.75) is 71.1 Å². The molecule has 0 heterocycles. The summed E-state index contributed by atoms with van der Waals surface area (Å²) in [6.07, 6.45) is 10.1. The molecule has 1 radical (unpaired) electrons. The molecule has 28 heavy (non-hydrogen) atoms. The minimum atomic E-state index is -0.639. The van der Waals surface area contributed by atoms with Gasteiger partial charge in [0.05, 0.1) is 21.2 Å². The average molecular weight is 396 g/mol. The third-order valence-electron chi connectivity index (χ3n) is 4.03. The molecule has 0 aromatic heterocycles. The highest BCUT2D eigenvalue weighted by molar-refractivity contribution is 5.50. The number of unbranched alkanes of at least 4 members (excludes halogenated alkanes) is 5. The molecule has 0 N–H and O–H groups in total. The van der Waals surface area contributed by atoms with E-state index in [-0.39, 0.29) is 42.8 Å². The Morgan fingerprint density at radius 1 is 0.786 bits per heavy atom. The van der Waals surface area contributed by atoms with Crippen molar-refractivity contribution in [3.63, 3.8) is 0 Å². The summed E-state index contributed by atoms with van der Waals surface area (Å²) in [5, 5.41) is 32.9. The van der Waals surface area contributed by atoms with Gasteiger partial charge in [0.2, 0.25) is 17.1 Å². The molecule has 0 aromatic rings. The number of rotatable bonds is 16. The fourth-order valence-corrected chi connectivity index (χ4v) is 2.44. The Morgan fingerprint density at radius 3 is 1.86 bits per heavy atom. The molecule has 0 fully saturated rings. The van der Waals surface area contributed by atoms with E-state index in [0.717, 1.165) is 25.7 Å². The van der Waals surface area contributed by atoms with E-state index in [1.54, 1.807) is 6.92 Å². The van der Waals surface area contributed by atoms with Crippen LogP contribution >= 0.6 is 0 Å². The zero-order valence-electron chi connectivity index (χ0n) is 16.0. The van der Waals surface area contributed by atoms with E-state index in [2.05, 4.69) is 0 Å². The standard InChI is InChI=1S/C18H26N3O7/c1-2-16(19(23)24)13-14-18(21(27)28)12-9-11-17(20(25)26)10-7-5-3-4-6-8-15-22/h11-13H,2-10,14H2,1H3/b16-13+,17-11+,18-12+. The molecule has 0 unspecified atom stereocenters. The van der Waals surface area contributed by atoms with Gasteiger partial charge in [0.1, 0.15) is 0 Å². The highest BCUT2D eigenvalue weighted by atomic mass is 16.6. The van der Waals surface area contributed by atoms with Crippen LogP contribution in [-0.4, -0.2) is 21.1 Å². The Balaban J connectivity index is 4.74. The van der Waals surface area contributed by atoms with Crippen molar-refractivity contribution in [2.24, 2.45) is 0 Å². The average Bonchev–Trinajstić information content (AvgIpc) is 2.63. The second-order valence-corrected chi connectivity index (χ2v) is 6.06. The van der Waals surface area contributed by atoms with Crippen LogP contribution < -0.4 is 0 Å². The molecule has 10 heteroatoms. The second-order valence-electron chi connectivity index (χ2n) is 6.06. The van der Waals surface area contributed by atoms with Crippen LogP contribution in [0, 0.1) is 30.3 Å². The predicted molar refractivity (Wildman–Crippen MR) is 103 cm³/mol. The van der Waals surface area contributed by atoms with Gasteiger partial charge in [-0.15, -0.1) is 0 Å². The topological polar surface area (TPSA) is 146 Å². The van der Waals surface area contributed by atoms with Crippen molar-refractivity contribution >= 4 is 6.29 Å². The van der Waals surface area contributed by atoms with Crippen molar-refractivity contribution < 1.29 is 19.6 Å². The Morgan fingerprint density at radius 2 is 1.32 bits per heavy atom. The quantitative estimate of drug-likeness (QED) is 0.212. The molecule has 155 valence electrons. The second kappa shape index (κ2) is 15.2. The Kier molecular flexibility index (Phi) is 13.6. The maximum absolute atomic E-state index is 11.1. The molecule has 0 aliphatic rings. The van der Waals surface area contributed by atoms with Crippen molar-refractivity contribution in [3.8, 4) is 0 Å². The van der Waals surface area contributed by atoms with Crippen LogP contribution in [0.3, 0.4) is 0 Å². The van der Waals surface area contributed by atoms with Crippen LogP contribution in [-0.2, 0) is 4.79 Å². The molecular formula is C18H26N3O7. The SMILES string of the molecule is CC/C(=C\C/C(=C\C/C=C(\CCCCCCC[C]=O)[N+](=O)[O-])[N+](=O)[O-])[N+](=O)[O-]. The number of carbonyl (C=O) groups excluding carboxylic acids is 1. The van der Waals surface area contributed by atoms with E-state index in [9.17, 15) is 35.1 Å². The van der Waals surface area contributed by atoms with E-state index in [0.29, 0.717) is 12.8 Å². The third kappa shape index (κ3) is 11.7. The lowest BCUT2D eigenvalue weighted by Crippen LogP contribution is -2.02. The molecule has 0 spiro atoms. The van der Waals surface area contributed by atoms with Gasteiger partial charge >= 0.3 is 0 Å². The van der Waals surface area contributed by atoms with Crippen molar-refractivity contribution in [1.82, 2.24) is 0 Å². The summed E-state index contributed by atoms with van der Waals surface area (Å²) < 4.78 is 0. The first-order chi connectivity index (χ1) is 13.3. The Bertz CT molecular complexity index is 639. The molecule has 10 nitrogen and oxygen atoms in total. The van der Waals surface area contributed by atoms with Gasteiger partial charge in [-0.2, -0.15) is 0 Å². The van der Waals surface area contributed by atoms with Gasteiger partial charge in [0, 0.05) is 19.3 Å². The fraction of sp³-hybridized carbons (Fsp3) is 0.611. The first kappa shape index (κ1) is 25.1. The highest BCUT2D eigenvalue weighted by Crippen LogP contribution is 2.15. The lowest BCUT2D eigenvalue weighted by Gasteiger charge is -2.00. The minimum absolute atomic E-state index is 0.00439. The van der Waals surface area contributed by atoms with E-state index in [1.165, 1.54) is 18.2 Å². The number of allylic oxidation sites excluding steroid dienone is 5. The van der Waals surface area contributed by atoms with Gasteiger partial charge < -0.3 is 0 Å². The van der Waals surface area contributed by atoms with Crippen molar-refractivity contribution in [1.29, 1.82) is 0 Å². The molecule has 0 amide bonds. The van der Waals surface area contributed by atoms with Crippen LogP contribution in [0.4, 0.5) is 0 Å². The normalized spacial score (nSPS) is 12.7. The van der Waals surface area contributed by atoms with Crippen LogP contribution in [0.5, 0.6) is 0 Å². The zero-order chi connectivity index (χ0) is 21.4. The zero-order valence-corrected chi connectivity index (χ0v) is 16.0. The summed E-state index contributed by atoms with van der Waals surface area (Å²) in [6.45, 7) is 1.58. The van der Waals surface area contributed by atoms with Crippen molar-refractivity contribution in [3.05, 3.63) is 65.7 Å². The fourth-order valence-electron chi connectivity index (χ4n) is 2.44. The summed E-state index contributed by atoms with van der Waals surface area (Å²) in [7, 11) is 0. The minimum Gasteiger partial charge on any atom is -0.291 e. The van der Waals surface area contributed by atoms with Crippen LogP contribution in [0.25, 0.3) is 0 Å². The molecule has 0 aromatic carbocycles. The van der Waals surface area contributed by atoms with Gasteiger partial charge in [-0.1, -0.05) is 26.2 Å². The number of nitro groups is 3. The number of hydrogen-bond donors (Lipinski definition) is 0. The molecular weight excluding hydrogens is 370 g/mol. The molecule has 0 aliphatic carbocycles. The van der Waals surface area contributed by atoms with Gasteiger partial charge in [0.25, 0.3) is 0 Å². The van der Waals surface area contributed by atoms with Crippen LogP contribution in [0.1, 0.15) is 71.1 Å². The van der Waals surface area contributed by atoms with Gasteiger partial charge in [0.15, 0.2) is 6.29 Å². The highest BCUT2D eigenvalue weighted by Gasteiger charge is 2.14. The Labute approximate surface area is 163 Å². The summed E-state index contributed by atoms with van der Waals surface area (Å²) in [6, 6.07) is 0. The molecule has 0 atom stereocenters. The van der Waals surface area contributed by atoms with Crippen molar-refractivity contribution in [2.75, 3.05) is 0 Å². The lowest BCUT2D eigenvalue weighted by molar-refractivity contribution is -0.432. The summed E-state index contributed by atoms with van der Waals surface area (Å²) in [4.78, 5) is 41.3. The van der Waals surface area contributed by atoms with E-state index in [4.69, 9.17) is 0 Å². The van der Waals surface area contributed by atoms with Gasteiger partial charge in [-0.05, 0) is 37.5 Å². The van der Waals surface area contributed by atoms with Crippen LogP contribution in [0.15, 0.2) is 35.3 Å². The first-order valence-corrected chi connectivity index (χ1v) is 9.18. The van der Waals surface area contributed by atoms with E-state index < -0.39 is 14.8 Å². The monoisotopic (exact) mass is 396 g/mol. The maximum atomic E-state index is 11.1. The Hall–Kier alpha value is -2.91. The predicted octanol–water partition coefficient (Wildman–Crippen LogP) is 4.50. The van der Waals surface area contributed by atoms with Gasteiger partial charge in [-0.25, -0.2) is 0 Å². The molecule has 0 aliphatic heterocycles. The summed E-state index contributed by atoms with van der Waals surface area (Å²) in [5.74, 6) is 0. The molecule has 0 bridgehead atoms. The van der Waals surface area contributed by atoms with E-state index in [1.807, 2.05) is 6.29 Å². The molecule has 0 saturated carbocycles. The number of nitrogens with zero attached hydrogens (tertiary/aromatic N) is 3. The molecule has 0 saturated heterocycles. The number of hydrogen-bond acceptors (Lipinski definition) is 7. The summed E-state index contributed by atoms with van der Waals surface area (Å²) >= 11 is 0. The summed E-state index contributed by atoms with van der Waals surface area (Å²) in [5.41, 5.74) is -0.353. The lowest BCUT2D eigenvalue weighted by atomic mass is 10.1.